The first-order valence-electron chi connectivity index (χ1n) is 6.51. The van der Waals surface area contributed by atoms with E-state index in [9.17, 15) is 31.1 Å². The summed E-state index contributed by atoms with van der Waals surface area (Å²) in [5.41, 5.74) is -3.81. The lowest BCUT2D eigenvalue weighted by Gasteiger charge is -2.14. The van der Waals surface area contributed by atoms with Crippen molar-refractivity contribution in [3.05, 3.63) is 51.4 Å². The maximum absolute atomic E-state index is 12.8. The first-order valence-corrected chi connectivity index (χ1v) is 6.51. The molecule has 0 saturated heterocycles. The SMILES string of the molecule is CC(C)c1cc(=O)n(-c2cc(C(F)(F)F)cc(C(F)(F)F)c2)[nH]1. The number of aromatic amines is 1. The molecule has 9 heteroatoms. The maximum Gasteiger partial charge on any atom is 0.416 e. The highest BCUT2D eigenvalue weighted by atomic mass is 19.4. The molecule has 1 aromatic carbocycles. The minimum Gasteiger partial charge on any atom is -0.295 e. The van der Waals surface area contributed by atoms with Crippen molar-refractivity contribution in [3.8, 4) is 5.69 Å². The monoisotopic (exact) mass is 338 g/mol. The Morgan fingerprint density at radius 3 is 1.74 bits per heavy atom. The summed E-state index contributed by atoms with van der Waals surface area (Å²) in [5, 5.41) is 2.52. The van der Waals surface area contributed by atoms with Gasteiger partial charge >= 0.3 is 12.4 Å². The largest absolute Gasteiger partial charge is 0.416 e. The third-order valence-electron chi connectivity index (χ3n) is 3.19. The van der Waals surface area contributed by atoms with E-state index in [-0.39, 0.29) is 12.0 Å². The third-order valence-corrected chi connectivity index (χ3v) is 3.19. The summed E-state index contributed by atoms with van der Waals surface area (Å²) in [6.45, 7) is 3.45. The molecule has 1 heterocycles. The van der Waals surface area contributed by atoms with Gasteiger partial charge in [-0.1, -0.05) is 13.8 Å². The fourth-order valence-corrected chi connectivity index (χ4v) is 1.97. The van der Waals surface area contributed by atoms with Crippen molar-refractivity contribution in [2.45, 2.75) is 32.1 Å². The van der Waals surface area contributed by atoms with Gasteiger partial charge in [0.15, 0.2) is 0 Å². The summed E-state index contributed by atoms with van der Waals surface area (Å²) in [4.78, 5) is 11.8. The number of nitrogens with zero attached hydrogens (tertiary/aromatic N) is 1. The fraction of sp³-hybridized carbons (Fsp3) is 0.357. The second-order valence-corrected chi connectivity index (χ2v) is 5.30. The average Bonchev–Trinajstić information content (AvgIpc) is 2.78. The van der Waals surface area contributed by atoms with Gasteiger partial charge in [0, 0.05) is 11.8 Å². The van der Waals surface area contributed by atoms with Crippen LogP contribution < -0.4 is 5.56 Å². The first kappa shape index (κ1) is 17.2. The zero-order chi connectivity index (χ0) is 17.6. The van der Waals surface area contributed by atoms with Gasteiger partial charge < -0.3 is 0 Å². The van der Waals surface area contributed by atoms with Crippen molar-refractivity contribution in [3.63, 3.8) is 0 Å². The van der Waals surface area contributed by atoms with Crippen LogP contribution in [0.25, 0.3) is 5.69 Å². The predicted octanol–water partition coefficient (Wildman–Crippen LogP) is 4.33. The van der Waals surface area contributed by atoms with E-state index in [4.69, 9.17) is 0 Å². The molecule has 0 aliphatic rings. The average molecular weight is 338 g/mol. The standard InChI is InChI=1S/C14H12F6N2O/c1-7(2)11-6-12(23)22(21-11)10-4-8(13(15,16)17)3-9(5-10)14(18,19)20/h3-7,21H,1-2H3. The van der Waals surface area contributed by atoms with E-state index in [1.165, 1.54) is 0 Å². The summed E-state index contributed by atoms with van der Waals surface area (Å²) in [7, 11) is 0. The van der Waals surface area contributed by atoms with Crippen molar-refractivity contribution in [1.29, 1.82) is 0 Å². The topological polar surface area (TPSA) is 37.8 Å². The molecular weight excluding hydrogens is 326 g/mol. The molecule has 1 aromatic heterocycles. The molecule has 0 unspecified atom stereocenters. The fourth-order valence-electron chi connectivity index (χ4n) is 1.97. The third kappa shape index (κ3) is 3.59. The predicted molar refractivity (Wildman–Crippen MR) is 70.5 cm³/mol. The van der Waals surface area contributed by atoms with Gasteiger partial charge in [-0.2, -0.15) is 26.3 Å². The summed E-state index contributed by atoms with van der Waals surface area (Å²) < 4.78 is 77.6. The van der Waals surface area contributed by atoms with Crippen molar-refractivity contribution in [2.24, 2.45) is 0 Å². The van der Waals surface area contributed by atoms with Gasteiger partial charge in [0.2, 0.25) is 0 Å². The molecule has 0 atom stereocenters. The number of nitrogens with one attached hydrogen (secondary N) is 1. The number of rotatable bonds is 2. The van der Waals surface area contributed by atoms with Gasteiger partial charge in [-0.3, -0.25) is 9.89 Å². The Bertz CT molecular complexity index is 735. The molecule has 1 N–H and O–H groups in total. The van der Waals surface area contributed by atoms with Gasteiger partial charge in [0.25, 0.3) is 5.56 Å². The Labute approximate surface area is 126 Å². The zero-order valence-electron chi connectivity index (χ0n) is 12.0. The molecule has 0 spiro atoms. The summed E-state index contributed by atoms with van der Waals surface area (Å²) in [5.74, 6) is -0.142. The summed E-state index contributed by atoms with van der Waals surface area (Å²) >= 11 is 0. The molecule has 3 nitrogen and oxygen atoms in total. The lowest BCUT2D eigenvalue weighted by molar-refractivity contribution is -0.143. The molecule has 0 saturated carbocycles. The Morgan fingerprint density at radius 1 is 0.913 bits per heavy atom. The van der Waals surface area contributed by atoms with E-state index < -0.39 is 34.7 Å². The van der Waals surface area contributed by atoms with Crippen molar-refractivity contribution in [2.75, 3.05) is 0 Å². The minimum atomic E-state index is -4.97. The number of alkyl halides is 6. The van der Waals surface area contributed by atoms with Crippen LogP contribution in [0.15, 0.2) is 29.1 Å². The maximum atomic E-state index is 12.8. The van der Waals surface area contributed by atoms with Gasteiger partial charge in [0.05, 0.1) is 16.8 Å². The van der Waals surface area contributed by atoms with E-state index >= 15 is 0 Å². The van der Waals surface area contributed by atoms with Crippen LogP contribution >= 0.6 is 0 Å². The normalized spacial score (nSPS) is 12.9. The molecule has 2 rings (SSSR count). The number of aromatic nitrogens is 2. The van der Waals surface area contributed by atoms with Gasteiger partial charge in [-0.05, 0) is 24.1 Å². The molecule has 2 aromatic rings. The molecule has 0 bridgehead atoms. The van der Waals surface area contributed by atoms with Crippen LogP contribution in [0.3, 0.4) is 0 Å². The Kier molecular flexibility index (Phi) is 4.08. The zero-order valence-corrected chi connectivity index (χ0v) is 12.0. The number of H-pyrrole nitrogens is 1. The van der Waals surface area contributed by atoms with E-state index in [0.717, 1.165) is 6.07 Å². The molecule has 23 heavy (non-hydrogen) atoms. The van der Waals surface area contributed by atoms with E-state index in [1.807, 2.05) is 0 Å². The second-order valence-electron chi connectivity index (χ2n) is 5.30. The smallest absolute Gasteiger partial charge is 0.295 e. The van der Waals surface area contributed by atoms with Crippen LogP contribution in [0.1, 0.15) is 36.6 Å². The molecule has 0 aliphatic carbocycles. The Balaban J connectivity index is 2.69. The van der Waals surface area contributed by atoms with Crippen LogP contribution in [0, 0.1) is 0 Å². The van der Waals surface area contributed by atoms with E-state index in [2.05, 4.69) is 5.10 Å². The number of hydrogen-bond donors (Lipinski definition) is 1. The van der Waals surface area contributed by atoms with Crippen LogP contribution in [-0.2, 0) is 12.4 Å². The highest BCUT2D eigenvalue weighted by Gasteiger charge is 2.37. The first-order chi connectivity index (χ1) is 10.4. The van der Waals surface area contributed by atoms with Crippen molar-refractivity contribution < 1.29 is 26.3 Å². The molecule has 0 aliphatic heterocycles. The number of benzene rings is 1. The minimum absolute atomic E-state index is 0.0147. The summed E-state index contributed by atoms with van der Waals surface area (Å²) in [6.07, 6.45) is -9.93. The molecule has 0 amide bonds. The number of halogens is 6. The molecular formula is C14H12F6N2O. The van der Waals surface area contributed by atoms with Crippen LogP contribution in [0.4, 0.5) is 26.3 Å². The quantitative estimate of drug-likeness (QED) is 0.814. The molecule has 0 fully saturated rings. The van der Waals surface area contributed by atoms with Crippen LogP contribution in [0.5, 0.6) is 0 Å². The van der Waals surface area contributed by atoms with Crippen molar-refractivity contribution in [1.82, 2.24) is 9.78 Å². The van der Waals surface area contributed by atoms with Gasteiger partial charge in [-0.15, -0.1) is 0 Å². The highest BCUT2D eigenvalue weighted by molar-refractivity contribution is 5.42. The van der Waals surface area contributed by atoms with Crippen molar-refractivity contribution >= 4 is 0 Å². The van der Waals surface area contributed by atoms with E-state index in [1.54, 1.807) is 13.8 Å². The van der Waals surface area contributed by atoms with Gasteiger partial charge in [-0.25, -0.2) is 4.68 Å². The van der Waals surface area contributed by atoms with E-state index in [0.29, 0.717) is 22.5 Å². The second kappa shape index (κ2) is 5.47. The van der Waals surface area contributed by atoms with Crippen LogP contribution in [0.2, 0.25) is 0 Å². The van der Waals surface area contributed by atoms with Crippen LogP contribution in [-0.4, -0.2) is 9.78 Å². The molecule has 126 valence electrons. The Morgan fingerprint density at radius 2 is 1.39 bits per heavy atom. The molecule has 0 radical (unpaired) electrons. The van der Waals surface area contributed by atoms with Gasteiger partial charge in [0.1, 0.15) is 0 Å². The lowest BCUT2D eigenvalue weighted by Crippen LogP contribution is -2.17. The lowest BCUT2D eigenvalue weighted by atomic mass is 10.1. The highest BCUT2D eigenvalue weighted by Crippen LogP contribution is 2.36. The number of hydrogen-bond acceptors (Lipinski definition) is 1. The Hall–Kier alpha value is -2.19. The summed E-state index contributed by atoms with van der Waals surface area (Å²) in [6, 6.07) is 2.15.